The van der Waals surface area contributed by atoms with E-state index in [4.69, 9.17) is 0 Å². The van der Waals surface area contributed by atoms with Crippen molar-refractivity contribution in [3.05, 3.63) is 48.8 Å². The van der Waals surface area contributed by atoms with E-state index in [1.165, 1.54) is 27.7 Å². The van der Waals surface area contributed by atoms with Crippen LogP contribution in [0.4, 0.5) is 11.4 Å². The Morgan fingerprint density at radius 3 is 2.57 bits per heavy atom. The normalized spacial score (nSPS) is 18.4. The third-order valence-corrected chi connectivity index (χ3v) is 6.99. The van der Waals surface area contributed by atoms with Gasteiger partial charge in [0.05, 0.1) is 11.4 Å². The Morgan fingerprint density at radius 2 is 1.86 bits per heavy atom. The molecule has 4 rings (SSSR count). The Bertz CT molecular complexity index is 1000. The number of nitrogens with one attached hydrogen (secondary N) is 1. The van der Waals surface area contributed by atoms with Crippen molar-refractivity contribution < 1.29 is 18.0 Å². The predicted molar refractivity (Wildman–Crippen MR) is 103 cm³/mol. The number of anilines is 2. The van der Waals surface area contributed by atoms with Crippen LogP contribution in [0.3, 0.4) is 0 Å². The Morgan fingerprint density at radius 1 is 1.11 bits per heavy atom. The quantitative estimate of drug-likeness (QED) is 0.841. The molecule has 146 valence electrons. The van der Waals surface area contributed by atoms with Gasteiger partial charge in [0, 0.05) is 31.4 Å². The lowest BCUT2D eigenvalue weighted by atomic mass is 9.95. The zero-order valence-electron chi connectivity index (χ0n) is 15.1. The maximum absolute atomic E-state index is 13.1. The molecule has 0 radical (unpaired) electrons. The van der Waals surface area contributed by atoms with E-state index in [1.807, 2.05) is 6.07 Å². The van der Waals surface area contributed by atoms with E-state index in [1.54, 1.807) is 24.3 Å². The number of aromatic nitrogens is 1. The molecular weight excluding hydrogens is 380 g/mol. The number of carbonyl (C=O) groups excluding carboxylic acids is 2. The standard InChI is InChI=1S/C19H20N4O4S/c24-18-13-23(17-6-2-1-5-16(17)21-18)19(25)14-7-10-22(11-8-14)28(26,27)15-4-3-9-20-12-15/h1-6,9,12,14H,7-8,10-11,13H2,(H,21,24). The molecule has 1 aromatic heterocycles. The van der Waals surface area contributed by atoms with E-state index in [0.29, 0.717) is 24.2 Å². The Hall–Kier alpha value is -2.78. The predicted octanol–water partition coefficient (Wildman–Crippen LogP) is 1.47. The molecule has 9 heteroatoms. The minimum atomic E-state index is -3.61. The van der Waals surface area contributed by atoms with Crippen molar-refractivity contribution in [2.45, 2.75) is 17.7 Å². The van der Waals surface area contributed by atoms with Crippen molar-refractivity contribution in [3.8, 4) is 0 Å². The molecule has 0 aliphatic carbocycles. The third kappa shape index (κ3) is 3.38. The number of sulfonamides is 1. The Labute approximate surface area is 163 Å². The van der Waals surface area contributed by atoms with Gasteiger partial charge in [-0.3, -0.25) is 14.6 Å². The van der Waals surface area contributed by atoms with Crippen molar-refractivity contribution in [1.29, 1.82) is 0 Å². The summed E-state index contributed by atoms with van der Waals surface area (Å²) in [6, 6.07) is 10.3. The molecule has 1 N–H and O–H groups in total. The van der Waals surface area contributed by atoms with Gasteiger partial charge in [-0.2, -0.15) is 4.31 Å². The first-order valence-electron chi connectivity index (χ1n) is 9.07. The number of hydrogen-bond acceptors (Lipinski definition) is 5. The third-order valence-electron chi connectivity index (χ3n) is 5.11. The van der Waals surface area contributed by atoms with Gasteiger partial charge in [0.1, 0.15) is 11.4 Å². The van der Waals surface area contributed by atoms with Crippen LogP contribution in [-0.2, 0) is 19.6 Å². The minimum absolute atomic E-state index is 0.0238. The summed E-state index contributed by atoms with van der Waals surface area (Å²) in [6.07, 6.45) is 3.68. The lowest BCUT2D eigenvalue weighted by Gasteiger charge is -2.35. The fraction of sp³-hybridized carbons (Fsp3) is 0.316. The number of rotatable bonds is 3. The topological polar surface area (TPSA) is 99.7 Å². The van der Waals surface area contributed by atoms with Crippen LogP contribution in [0.1, 0.15) is 12.8 Å². The number of amides is 2. The zero-order valence-corrected chi connectivity index (χ0v) is 15.9. The van der Waals surface area contributed by atoms with Gasteiger partial charge < -0.3 is 10.2 Å². The highest BCUT2D eigenvalue weighted by molar-refractivity contribution is 7.89. The maximum atomic E-state index is 13.1. The lowest BCUT2D eigenvalue weighted by molar-refractivity contribution is -0.125. The SMILES string of the molecule is O=C1CN(C(=O)C2CCN(S(=O)(=O)c3cccnc3)CC2)c2ccccc2N1. The van der Waals surface area contributed by atoms with Gasteiger partial charge in [-0.15, -0.1) is 0 Å². The largest absolute Gasteiger partial charge is 0.323 e. The second-order valence-electron chi connectivity index (χ2n) is 6.86. The van der Waals surface area contributed by atoms with Crippen LogP contribution in [0.2, 0.25) is 0 Å². The summed E-state index contributed by atoms with van der Waals surface area (Å²) in [5.74, 6) is -0.691. The average Bonchev–Trinajstić information content (AvgIpc) is 2.73. The molecule has 0 unspecified atom stereocenters. The molecule has 0 atom stereocenters. The molecule has 2 aromatic rings. The molecule has 28 heavy (non-hydrogen) atoms. The zero-order chi connectivity index (χ0) is 19.7. The summed E-state index contributed by atoms with van der Waals surface area (Å²) in [6.45, 7) is 0.495. The highest BCUT2D eigenvalue weighted by Gasteiger charge is 2.36. The molecule has 2 aliphatic heterocycles. The van der Waals surface area contributed by atoms with Crippen LogP contribution in [0.25, 0.3) is 0 Å². The van der Waals surface area contributed by atoms with Crippen LogP contribution < -0.4 is 10.2 Å². The highest BCUT2D eigenvalue weighted by atomic mass is 32.2. The molecule has 3 heterocycles. The van der Waals surface area contributed by atoms with Gasteiger partial charge in [0.15, 0.2) is 0 Å². The average molecular weight is 400 g/mol. The van der Waals surface area contributed by atoms with E-state index < -0.39 is 10.0 Å². The van der Waals surface area contributed by atoms with Gasteiger partial charge in [-0.1, -0.05) is 12.1 Å². The molecule has 0 saturated carbocycles. The fourth-order valence-electron chi connectivity index (χ4n) is 3.64. The first-order chi connectivity index (χ1) is 13.5. The van der Waals surface area contributed by atoms with Gasteiger partial charge in [-0.25, -0.2) is 8.42 Å². The highest BCUT2D eigenvalue weighted by Crippen LogP contribution is 2.32. The second-order valence-corrected chi connectivity index (χ2v) is 8.79. The van der Waals surface area contributed by atoms with E-state index in [0.717, 1.165) is 0 Å². The van der Waals surface area contributed by atoms with Gasteiger partial charge in [0.2, 0.25) is 21.8 Å². The Kier molecular flexibility index (Phi) is 4.86. The second kappa shape index (κ2) is 7.33. The monoisotopic (exact) mass is 400 g/mol. The van der Waals surface area contributed by atoms with E-state index in [2.05, 4.69) is 10.3 Å². The molecule has 8 nitrogen and oxygen atoms in total. The minimum Gasteiger partial charge on any atom is -0.323 e. The van der Waals surface area contributed by atoms with Crippen molar-refractivity contribution in [2.75, 3.05) is 29.9 Å². The van der Waals surface area contributed by atoms with Crippen molar-refractivity contribution in [3.63, 3.8) is 0 Å². The van der Waals surface area contributed by atoms with Crippen LogP contribution >= 0.6 is 0 Å². The molecule has 2 aliphatic rings. The van der Waals surface area contributed by atoms with Gasteiger partial charge in [-0.05, 0) is 37.1 Å². The molecule has 1 saturated heterocycles. The molecular formula is C19H20N4O4S. The summed E-state index contributed by atoms with van der Waals surface area (Å²) >= 11 is 0. The number of piperidine rings is 1. The van der Waals surface area contributed by atoms with E-state index >= 15 is 0 Å². The number of fused-ring (bicyclic) bond motifs is 1. The van der Waals surface area contributed by atoms with Gasteiger partial charge in [0.25, 0.3) is 0 Å². The summed E-state index contributed by atoms with van der Waals surface area (Å²) in [4.78, 5) is 30.6. The lowest BCUT2D eigenvalue weighted by Crippen LogP contribution is -2.48. The first-order valence-corrected chi connectivity index (χ1v) is 10.5. The van der Waals surface area contributed by atoms with Crippen LogP contribution in [-0.4, -0.2) is 49.2 Å². The summed E-state index contributed by atoms with van der Waals surface area (Å²) in [7, 11) is -3.61. The number of pyridine rings is 1. The number of benzene rings is 1. The fourth-order valence-corrected chi connectivity index (χ4v) is 5.08. The summed E-state index contributed by atoms with van der Waals surface area (Å²) in [5.41, 5.74) is 1.29. The first kappa shape index (κ1) is 18.6. The van der Waals surface area contributed by atoms with Crippen molar-refractivity contribution in [1.82, 2.24) is 9.29 Å². The van der Waals surface area contributed by atoms with Crippen LogP contribution in [0.15, 0.2) is 53.7 Å². The Balaban J connectivity index is 1.47. The van der Waals surface area contributed by atoms with E-state index in [-0.39, 0.29) is 42.3 Å². The molecule has 0 bridgehead atoms. The summed E-state index contributed by atoms with van der Waals surface area (Å²) < 4.78 is 26.8. The number of nitrogens with zero attached hydrogens (tertiary/aromatic N) is 3. The van der Waals surface area contributed by atoms with Gasteiger partial charge >= 0.3 is 0 Å². The number of hydrogen-bond donors (Lipinski definition) is 1. The molecule has 2 amide bonds. The van der Waals surface area contributed by atoms with Crippen LogP contribution in [0.5, 0.6) is 0 Å². The smallest absolute Gasteiger partial charge is 0.244 e. The molecule has 0 spiro atoms. The maximum Gasteiger partial charge on any atom is 0.244 e. The molecule has 1 aromatic carbocycles. The number of carbonyl (C=O) groups is 2. The van der Waals surface area contributed by atoms with Crippen LogP contribution in [0, 0.1) is 5.92 Å². The molecule has 1 fully saturated rings. The summed E-state index contributed by atoms with van der Waals surface area (Å²) in [5, 5.41) is 2.77. The van der Waals surface area contributed by atoms with Crippen molar-refractivity contribution in [2.24, 2.45) is 5.92 Å². The van der Waals surface area contributed by atoms with Crippen molar-refractivity contribution >= 4 is 33.2 Å². The van der Waals surface area contributed by atoms with E-state index in [9.17, 15) is 18.0 Å². The number of para-hydroxylation sites is 2.